The van der Waals surface area contributed by atoms with Crippen LogP contribution in [-0.2, 0) is 4.74 Å². The monoisotopic (exact) mass is 406 g/mol. The summed E-state index contributed by atoms with van der Waals surface area (Å²) in [4.78, 5) is 0. The highest BCUT2D eigenvalue weighted by molar-refractivity contribution is 5.26. The molecule has 3 saturated carbocycles. The Morgan fingerprint density at radius 2 is 1.86 bits per heavy atom. The van der Waals surface area contributed by atoms with E-state index in [2.05, 4.69) is 26.0 Å². The summed E-state index contributed by atoms with van der Waals surface area (Å²) in [5.41, 5.74) is 2.33. The molecule has 0 saturated heterocycles. The molecule has 0 radical (unpaired) electrons. The summed E-state index contributed by atoms with van der Waals surface area (Å²) >= 11 is 0. The molecule has 0 unspecified atom stereocenters. The van der Waals surface area contributed by atoms with E-state index >= 15 is 0 Å². The first-order chi connectivity index (χ1) is 13.6. The first-order valence-electron chi connectivity index (χ1n) is 11.7. The van der Waals surface area contributed by atoms with Crippen LogP contribution in [0.2, 0.25) is 0 Å². The van der Waals surface area contributed by atoms with Crippen LogP contribution in [0, 0.1) is 17.3 Å². The van der Waals surface area contributed by atoms with Crippen LogP contribution >= 0.6 is 0 Å². The van der Waals surface area contributed by atoms with E-state index in [0.29, 0.717) is 44.1 Å². The maximum Gasteiger partial charge on any atom is 0.0613 e. The van der Waals surface area contributed by atoms with E-state index < -0.39 is 17.8 Å². The minimum absolute atomic E-state index is 0.216. The van der Waals surface area contributed by atoms with Crippen LogP contribution in [0.5, 0.6) is 0 Å². The lowest BCUT2D eigenvalue weighted by Gasteiger charge is -2.44. The minimum Gasteiger partial charge on any atom is -0.393 e. The van der Waals surface area contributed by atoms with Crippen LogP contribution in [0.1, 0.15) is 85.5 Å². The highest BCUT2D eigenvalue weighted by atomic mass is 16.5. The van der Waals surface area contributed by atoms with Gasteiger partial charge in [0, 0.05) is 6.61 Å². The Hall–Kier alpha value is -0.680. The summed E-state index contributed by atoms with van der Waals surface area (Å²) < 4.78 is 6.18. The normalized spacial score (nSPS) is 38.2. The Balaban J connectivity index is 1.66. The molecule has 0 aromatic carbocycles. The lowest BCUT2D eigenvalue weighted by atomic mass is 9.62. The van der Waals surface area contributed by atoms with Gasteiger partial charge in [0.1, 0.15) is 0 Å². The van der Waals surface area contributed by atoms with Crippen LogP contribution in [0.4, 0.5) is 0 Å². The summed E-state index contributed by atoms with van der Waals surface area (Å²) in [5, 5.41) is 29.8. The molecule has 0 heterocycles. The first-order valence-corrected chi connectivity index (χ1v) is 11.7. The first kappa shape index (κ1) is 23.0. The van der Waals surface area contributed by atoms with Crippen LogP contribution in [0.15, 0.2) is 23.3 Å². The Bertz CT molecular complexity index is 605. The fourth-order valence-electron chi connectivity index (χ4n) is 6.19. The third-order valence-electron chi connectivity index (χ3n) is 7.77. The molecule has 6 atom stereocenters. The van der Waals surface area contributed by atoms with Crippen molar-refractivity contribution in [3.63, 3.8) is 0 Å². The van der Waals surface area contributed by atoms with Gasteiger partial charge in [-0.05, 0) is 95.8 Å². The molecule has 3 N–H and O–H groups in total. The Kier molecular flexibility index (Phi) is 7.31. The highest BCUT2D eigenvalue weighted by Crippen LogP contribution is 2.58. The van der Waals surface area contributed by atoms with Gasteiger partial charge >= 0.3 is 0 Å². The molecule has 4 heteroatoms. The molecule has 0 bridgehead atoms. The van der Waals surface area contributed by atoms with Crippen molar-refractivity contribution in [3.05, 3.63) is 23.3 Å². The van der Waals surface area contributed by atoms with Crippen molar-refractivity contribution >= 4 is 0 Å². The SMILES string of the molecule is C[C@H](OCCC(C)(C)O)[C@H]1CC[C@H]2/C(=C/C=C3C[C@@H](O)C[C@H](O)C3)CCC[C@]12C. The van der Waals surface area contributed by atoms with E-state index in [1.807, 2.05) is 13.8 Å². The van der Waals surface area contributed by atoms with Crippen LogP contribution in [-0.4, -0.2) is 45.8 Å². The number of hydrogen-bond donors (Lipinski definition) is 3. The lowest BCUT2D eigenvalue weighted by Crippen LogP contribution is -2.39. The van der Waals surface area contributed by atoms with Gasteiger partial charge in [0.2, 0.25) is 0 Å². The van der Waals surface area contributed by atoms with Crippen molar-refractivity contribution in [2.45, 2.75) is 109 Å². The maximum atomic E-state index is 9.94. The fraction of sp³-hybridized carbons (Fsp3) is 0.840. The number of fused-ring (bicyclic) bond motifs is 1. The third-order valence-corrected chi connectivity index (χ3v) is 7.77. The number of aliphatic hydroxyl groups is 3. The highest BCUT2D eigenvalue weighted by Gasteiger charge is 2.51. The molecule has 3 rings (SSSR count). The van der Waals surface area contributed by atoms with Gasteiger partial charge in [-0.2, -0.15) is 0 Å². The zero-order valence-electron chi connectivity index (χ0n) is 18.9. The van der Waals surface area contributed by atoms with Gasteiger partial charge in [-0.3, -0.25) is 0 Å². The second-order valence-corrected chi connectivity index (χ2v) is 10.8. The summed E-state index contributed by atoms with van der Waals surface area (Å²) in [6, 6.07) is 0. The van der Waals surface area contributed by atoms with E-state index in [9.17, 15) is 15.3 Å². The van der Waals surface area contributed by atoms with E-state index in [-0.39, 0.29) is 11.5 Å². The van der Waals surface area contributed by atoms with Crippen molar-refractivity contribution in [2.75, 3.05) is 6.61 Å². The van der Waals surface area contributed by atoms with E-state index in [4.69, 9.17) is 4.74 Å². The molecule has 0 aliphatic heterocycles. The largest absolute Gasteiger partial charge is 0.393 e. The van der Waals surface area contributed by atoms with Gasteiger partial charge in [-0.1, -0.05) is 30.2 Å². The van der Waals surface area contributed by atoms with Crippen molar-refractivity contribution in [1.29, 1.82) is 0 Å². The van der Waals surface area contributed by atoms with E-state index in [1.54, 1.807) is 5.57 Å². The van der Waals surface area contributed by atoms with E-state index in [1.165, 1.54) is 31.3 Å². The van der Waals surface area contributed by atoms with Gasteiger partial charge in [-0.15, -0.1) is 0 Å². The molecule has 0 amide bonds. The van der Waals surface area contributed by atoms with Gasteiger partial charge in [0.15, 0.2) is 0 Å². The minimum atomic E-state index is -0.670. The van der Waals surface area contributed by atoms with Gasteiger partial charge in [0.25, 0.3) is 0 Å². The van der Waals surface area contributed by atoms with Crippen LogP contribution in [0.25, 0.3) is 0 Å². The summed E-state index contributed by atoms with van der Waals surface area (Å²) in [5.74, 6) is 1.17. The summed E-state index contributed by atoms with van der Waals surface area (Å²) in [6.45, 7) is 8.96. The number of allylic oxidation sites excluding steroid dienone is 3. The van der Waals surface area contributed by atoms with Crippen molar-refractivity contribution in [3.8, 4) is 0 Å². The average molecular weight is 407 g/mol. The van der Waals surface area contributed by atoms with Crippen LogP contribution in [0.3, 0.4) is 0 Å². The molecular weight excluding hydrogens is 364 g/mol. The fourth-order valence-corrected chi connectivity index (χ4v) is 6.19. The summed E-state index contributed by atoms with van der Waals surface area (Å²) in [7, 11) is 0. The van der Waals surface area contributed by atoms with Crippen molar-refractivity contribution in [1.82, 2.24) is 0 Å². The standard InChI is InChI=1S/C25H42O4/c1-17(29-13-12-24(2,3)28)22-9-10-23-19(6-5-11-25(22,23)4)8-7-18-14-20(26)16-21(27)15-18/h7-8,17,20-23,26-28H,5-6,9-16H2,1-4H3/b19-8+/t17-,20+,21+,22+,23-,25+/m0/s1. The molecule has 4 nitrogen and oxygen atoms in total. The molecule has 3 aliphatic rings. The number of rotatable bonds is 6. The van der Waals surface area contributed by atoms with Crippen LogP contribution < -0.4 is 0 Å². The molecule has 0 aromatic rings. The smallest absolute Gasteiger partial charge is 0.0613 e. The van der Waals surface area contributed by atoms with Crippen molar-refractivity contribution in [2.24, 2.45) is 17.3 Å². The van der Waals surface area contributed by atoms with Crippen molar-refractivity contribution < 1.29 is 20.1 Å². The Morgan fingerprint density at radius 1 is 1.17 bits per heavy atom. The molecule has 0 aromatic heterocycles. The lowest BCUT2D eigenvalue weighted by molar-refractivity contribution is -0.0454. The topological polar surface area (TPSA) is 69.9 Å². The second kappa shape index (κ2) is 9.21. The average Bonchev–Trinajstić information content (AvgIpc) is 2.95. The number of aliphatic hydroxyl groups excluding tert-OH is 2. The second-order valence-electron chi connectivity index (χ2n) is 10.8. The molecule has 0 spiro atoms. The number of hydrogen-bond acceptors (Lipinski definition) is 4. The Labute approximate surface area is 177 Å². The predicted octanol–water partition coefficient (Wildman–Crippen LogP) is 4.53. The Morgan fingerprint density at radius 3 is 2.52 bits per heavy atom. The summed E-state index contributed by atoms with van der Waals surface area (Å²) in [6.07, 6.45) is 12.5. The van der Waals surface area contributed by atoms with E-state index in [0.717, 1.165) is 6.42 Å². The number of ether oxygens (including phenoxy) is 1. The zero-order valence-corrected chi connectivity index (χ0v) is 18.9. The molecule has 29 heavy (non-hydrogen) atoms. The molecule has 3 aliphatic carbocycles. The van der Waals surface area contributed by atoms with Gasteiger partial charge in [0.05, 0.1) is 23.9 Å². The zero-order chi connectivity index (χ0) is 21.2. The maximum absolute atomic E-state index is 9.94. The quantitative estimate of drug-likeness (QED) is 0.606. The third kappa shape index (κ3) is 5.72. The predicted molar refractivity (Wildman–Crippen MR) is 117 cm³/mol. The molecule has 3 fully saturated rings. The molecular formula is C25H42O4. The molecule has 166 valence electrons. The van der Waals surface area contributed by atoms with Gasteiger partial charge in [-0.25, -0.2) is 0 Å². The van der Waals surface area contributed by atoms with Gasteiger partial charge < -0.3 is 20.1 Å².